The molecule has 0 radical (unpaired) electrons. The second kappa shape index (κ2) is 9.19. The molecule has 0 amide bonds. The van der Waals surface area contributed by atoms with Crippen molar-refractivity contribution in [3.63, 3.8) is 0 Å². The van der Waals surface area contributed by atoms with Crippen molar-refractivity contribution in [2.24, 2.45) is 0 Å². The fraction of sp³-hybridized carbons (Fsp3) is 0.278. The molecule has 0 fully saturated rings. The van der Waals surface area contributed by atoms with E-state index in [1.807, 2.05) is 6.92 Å². The lowest BCUT2D eigenvalue weighted by Gasteiger charge is -2.24. The molecule has 0 aromatic heterocycles. The molecule has 0 aliphatic carbocycles. The van der Waals surface area contributed by atoms with Gasteiger partial charge in [0.2, 0.25) is 5.85 Å². The first-order valence-electron chi connectivity index (χ1n) is 7.74. The Morgan fingerprint density at radius 3 is 2.35 bits per heavy atom. The van der Waals surface area contributed by atoms with Gasteiger partial charge in [-0.15, -0.1) is 0 Å². The second-order valence-corrected chi connectivity index (χ2v) is 8.07. The van der Waals surface area contributed by atoms with Gasteiger partial charge in [0.1, 0.15) is 5.75 Å². The van der Waals surface area contributed by atoms with Gasteiger partial charge in [-0.1, -0.05) is 41.9 Å². The first-order valence-corrected chi connectivity index (χ1v) is 9.73. The SMILES string of the molecule is COP(=O)(OC)C(OC(=O)COc1ccc(Cl)cc1C)c1ccccc1. The summed E-state index contributed by atoms with van der Waals surface area (Å²) < 4.78 is 33.6. The molecule has 0 saturated carbocycles. The molecule has 8 heteroatoms. The number of carbonyl (C=O) groups is 1. The molecule has 2 aromatic rings. The predicted molar refractivity (Wildman–Crippen MR) is 98.6 cm³/mol. The predicted octanol–water partition coefficient (Wildman–Crippen LogP) is 4.76. The van der Waals surface area contributed by atoms with Crippen LogP contribution < -0.4 is 4.74 Å². The van der Waals surface area contributed by atoms with Gasteiger partial charge in [0.05, 0.1) is 0 Å². The van der Waals surface area contributed by atoms with Crippen molar-refractivity contribution in [3.05, 3.63) is 64.7 Å². The zero-order valence-corrected chi connectivity index (χ0v) is 16.3. The topological polar surface area (TPSA) is 71.1 Å². The van der Waals surface area contributed by atoms with Gasteiger partial charge in [-0.2, -0.15) is 0 Å². The molecule has 26 heavy (non-hydrogen) atoms. The third-order valence-corrected chi connectivity index (χ3v) is 5.84. The Balaban J connectivity index is 2.12. The summed E-state index contributed by atoms with van der Waals surface area (Å²) in [6.45, 7) is 1.45. The van der Waals surface area contributed by atoms with E-state index < -0.39 is 19.4 Å². The highest BCUT2D eigenvalue weighted by Crippen LogP contribution is 2.60. The number of hydrogen-bond donors (Lipinski definition) is 0. The number of hydrogen-bond acceptors (Lipinski definition) is 6. The summed E-state index contributed by atoms with van der Waals surface area (Å²) in [5, 5.41) is 0.572. The van der Waals surface area contributed by atoms with Crippen molar-refractivity contribution in [1.29, 1.82) is 0 Å². The molecule has 1 atom stereocenters. The van der Waals surface area contributed by atoms with E-state index in [1.165, 1.54) is 14.2 Å². The molecule has 0 heterocycles. The van der Waals surface area contributed by atoms with Crippen molar-refractivity contribution in [2.75, 3.05) is 20.8 Å². The fourth-order valence-corrected chi connectivity index (χ4v) is 3.81. The molecule has 0 N–H and O–H groups in total. The van der Waals surface area contributed by atoms with E-state index in [-0.39, 0.29) is 6.61 Å². The van der Waals surface area contributed by atoms with E-state index in [0.29, 0.717) is 16.3 Å². The van der Waals surface area contributed by atoms with Crippen molar-refractivity contribution < 1.29 is 27.9 Å². The lowest BCUT2D eigenvalue weighted by atomic mass is 10.2. The molecule has 1 unspecified atom stereocenters. The summed E-state index contributed by atoms with van der Waals surface area (Å²) in [6.07, 6.45) is 0. The van der Waals surface area contributed by atoms with E-state index in [9.17, 15) is 9.36 Å². The lowest BCUT2D eigenvalue weighted by molar-refractivity contribution is -0.149. The summed E-state index contributed by atoms with van der Waals surface area (Å²) in [7, 11) is -1.22. The van der Waals surface area contributed by atoms with Crippen LogP contribution in [0.3, 0.4) is 0 Å². The maximum absolute atomic E-state index is 12.8. The van der Waals surface area contributed by atoms with Gasteiger partial charge in [0.15, 0.2) is 6.61 Å². The standard InChI is InChI=1S/C18H20ClO6P/c1-13-11-15(19)9-10-16(13)24-12-17(20)25-18(26(21,22-2)23-3)14-7-5-4-6-8-14/h4-11,18H,12H2,1-3H3. The zero-order chi connectivity index (χ0) is 19.2. The van der Waals surface area contributed by atoms with Crippen LogP contribution >= 0.6 is 19.2 Å². The van der Waals surface area contributed by atoms with Crippen molar-refractivity contribution in [2.45, 2.75) is 12.8 Å². The largest absolute Gasteiger partial charge is 0.482 e. The van der Waals surface area contributed by atoms with Crippen LogP contribution in [0.2, 0.25) is 5.02 Å². The van der Waals surface area contributed by atoms with Gasteiger partial charge in [-0.3, -0.25) is 4.57 Å². The first-order chi connectivity index (χ1) is 12.4. The van der Waals surface area contributed by atoms with Gasteiger partial charge in [-0.05, 0) is 30.7 Å². The van der Waals surface area contributed by atoms with Crippen LogP contribution in [-0.4, -0.2) is 26.8 Å². The number of ether oxygens (including phenoxy) is 2. The third kappa shape index (κ3) is 5.08. The van der Waals surface area contributed by atoms with E-state index >= 15 is 0 Å². The molecule has 140 valence electrons. The summed E-state index contributed by atoms with van der Waals surface area (Å²) in [5.41, 5.74) is 1.28. The third-order valence-electron chi connectivity index (χ3n) is 3.61. The number of carbonyl (C=O) groups excluding carboxylic acids is 1. The van der Waals surface area contributed by atoms with Crippen LogP contribution in [0.1, 0.15) is 17.0 Å². The minimum atomic E-state index is -3.69. The maximum atomic E-state index is 12.8. The molecular weight excluding hydrogens is 379 g/mol. The van der Waals surface area contributed by atoms with Gasteiger partial charge in [0.25, 0.3) is 0 Å². The van der Waals surface area contributed by atoms with Crippen LogP contribution in [0.25, 0.3) is 0 Å². The van der Waals surface area contributed by atoms with Crippen LogP contribution in [0.5, 0.6) is 5.75 Å². The van der Waals surface area contributed by atoms with Gasteiger partial charge >= 0.3 is 13.6 Å². The highest BCUT2D eigenvalue weighted by atomic mass is 35.5. The maximum Gasteiger partial charge on any atom is 0.375 e. The smallest absolute Gasteiger partial charge is 0.375 e. The Kier molecular flexibility index (Phi) is 7.23. The quantitative estimate of drug-likeness (QED) is 0.472. The molecule has 2 aromatic carbocycles. The molecular formula is C18H20ClO6P. The van der Waals surface area contributed by atoms with E-state index in [1.54, 1.807) is 48.5 Å². The molecule has 0 aliphatic heterocycles. The second-order valence-electron chi connectivity index (χ2n) is 5.36. The fourth-order valence-electron chi connectivity index (χ4n) is 2.27. The van der Waals surface area contributed by atoms with Crippen LogP contribution in [-0.2, 0) is 23.1 Å². The van der Waals surface area contributed by atoms with E-state index in [0.717, 1.165) is 5.56 Å². The van der Waals surface area contributed by atoms with Gasteiger partial charge in [-0.25, -0.2) is 4.79 Å². The lowest BCUT2D eigenvalue weighted by Crippen LogP contribution is -2.19. The Hall–Kier alpha value is -1.85. The van der Waals surface area contributed by atoms with E-state index in [4.69, 9.17) is 30.1 Å². The highest BCUT2D eigenvalue weighted by Gasteiger charge is 2.39. The van der Waals surface area contributed by atoms with Gasteiger partial charge < -0.3 is 18.5 Å². The molecule has 0 spiro atoms. The number of aryl methyl sites for hydroxylation is 1. The van der Waals surface area contributed by atoms with Crippen LogP contribution in [0.4, 0.5) is 0 Å². The number of halogens is 1. The molecule has 0 aliphatic rings. The summed E-state index contributed by atoms with van der Waals surface area (Å²) in [4.78, 5) is 12.3. The van der Waals surface area contributed by atoms with Crippen molar-refractivity contribution >= 4 is 25.2 Å². The monoisotopic (exact) mass is 398 g/mol. The Labute approximate surface area is 157 Å². The average Bonchev–Trinajstić information content (AvgIpc) is 2.65. The Bertz CT molecular complexity index is 788. The van der Waals surface area contributed by atoms with Crippen molar-refractivity contribution in [1.82, 2.24) is 0 Å². The van der Waals surface area contributed by atoms with E-state index in [2.05, 4.69) is 0 Å². The molecule has 2 rings (SSSR count). The normalized spacial score (nSPS) is 12.5. The van der Waals surface area contributed by atoms with Crippen LogP contribution in [0, 0.1) is 6.92 Å². The number of benzene rings is 2. The first kappa shape index (κ1) is 20.5. The highest BCUT2D eigenvalue weighted by molar-refractivity contribution is 7.54. The molecule has 6 nitrogen and oxygen atoms in total. The Morgan fingerprint density at radius 1 is 1.12 bits per heavy atom. The summed E-state index contributed by atoms with van der Waals surface area (Å²) >= 11 is 5.89. The molecule has 0 bridgehead atoms. The summed E-state index contributed by atoms with van der Waals surface area (Å²) in [6, 6.07) is 13.7. The Morgan fingerprint density at radius 2 is 1.77 bits per heavy atom. The van der Waals surface area contributed by atoms with Crippen LogP contribution in [0.15, 0.2) is 48.5 Å². The number of rotatable bonds is 8. The minimum Gasteiger partial charge on any atom is -0.482 e. The summed E-state index contributed by atoms with van der Waals surface area (Å²) in [5.74, 6) is -1.40. The van der Waals surface area contributed by atoms with Crippen molar-refractivity contribution in [3.8, 4) is 5.75 Å². The number of esters is 1. The molecule has 0 saturated heterocycles. The van der Waals surface area contributed by atoms with Gasteiger partial charge in [0, 0.05) is 24.8 Å². The average molecular weight is 399 g/mol. The minimum absolute atomic E-state index is 0.362. The zero-order valence-electron chi connectivity index (χ0n) is 14.7.